The molecule has 0 radical (unpaired) electrons. The zero-order valence-corrected chi connectivity index (χ0v) is 8.96. The molecule has 0 fully saturated rings. The number of nitrogens with zero attached hydrogens (tertiary/aromatic N) is 1. The van der Waals surface area contributed by atoms with Crippen LogP contribution < -0.4 is 11.2 Å². The van der Waals surface area contributed by atoms with Crippen molar-refractivity contribution in [2.75, 3.05) is 0 Å². The number of carbonyl (C=O) groups is 1. The van der Waals surface area contributed by atoms with Gasteiger partial charge in [0.25, 0.3) is 5.56 Å². The lowest BCUT2D eigenvalue weighted by atomic mass is 10.2. The van der Waals surface area contributed by atoms with Crippen LogP contribution in [0.2, 0.25) is 0 Å². The Morgan fingerprint density at radius 2 is 2.12 bits per heavy atom. The molecule has 88 valence electrons. The highest BCUT2D eigenvalue weighted by atomic mass is 19.1. The molecule has 0 aliphatic carbocycles. The third-order valence-corrected chi connectivity index (χ3v) is 2.15. The van der Waals surface area contributed by atoms with Crippen molar-refractivity contribution in [1.82, 2.24) is 9.55 Å². The second kappa shape index (κ2) is 5.39. The summed E-state index contributed by atoms with van der Waals surface area (Å²) in [7, 11) is 0. The molecule has 0 unspecified atom stereocenters. The molecule has 1 aromatic heterocycles. The maximum absolute atomic E-state index is 12.8. The number of aryl methyl sites for hydroxylation is 1. The van der Waals surface area contributed by atoms with Gasteiger partial charge < -0.3 is 4.79 Å². The lowest BCUT2D eigenvalue weighted by molar-refractivity contribution is -0.117. The summed E-state index contributed by atoms with van der Waals surface area (Å²) in [6, 6.07) is 0. The Bertz CT molecular complexity index is 490. The van der Waals surface area contributed by atoms with E-state index in [4.69, 9.17) is 0 Å². The van der Waals surface area contributed by atoms with E-state index in [0.717, 1.165) is 10.8 Å². The summed E-state index contributed by atoms with van der Waals surface area (Å²) in [6.45, 7) is 1.78. The zero-order chi connectivity index (χ0) is 12.1. The van der Waals surface area contributed by atoms with Gasteiger partial charge in [0, 0.05) is 13.0 Å². The summed E-state index contributed by atoms with van der Waals surface area (Å²) in [5.74, 6) is -0.897. The van der Waals surface area contributed by atoms with Crippen LogP contribution in [-0.4, -0.2) is 15.3 Å². The number of hydrogen-bond acceptors (Lipinski definition) is 3. The first-order chi connectivity index (χ1) is 7.50. The number of nitrogens with one attached hydrogen (secondary N) is 1. The third-order valence-electron chi connectivity index (χ3n) is 2.15. The molecule has 0 aromatic carbocycles. The van der Waals surface area contributed by atoms with Gasteiger partial charge in [-0.1, -0.05) is 0 Å². The third kappa shape index (κ3) is 3.45. The summed E-state index contributed by atoms with van der Waals surface area (Å²) >= 11 is 0. The number of ketones is 1. The average molecular weight is 228 g/mol. The van der Waals surface area contributed by atoms with Gasteiger partial charge in [0.15, 0.2) is 0 Å². The summed E-state index contributed by atoms with van der Waals surface area (Å²) in [4.78, 5) is 34.4. The van der Waals surface area contributed by atoms with Gasteiger partial charge in [-0.3, -0.25) is 14.3 Å². The van der Waals surface area contributed by atoms with E-state index >= 15 is 0 Å². The normalized spacial score (nSPS) is 10.4. The maximum atomic E-state index is 12.8. The molecular formula is C10H13FN2O3. The zero-order valence-electron chi connectivity index (χ0n) is 8.96. The minimum absolute atomic E-state index is 0.0833. The van der Waals surface area contributed by atoms with E-state index in [1.54, 1.807) is 0 Å². The maximum Gasteiger partial charge on any atom is 0.328 e. The van der Waals surface area contributed by atoms with Crippen LogP contribution >= 0.6 is 0 Å². The second-order valence-electron chi connectivity index (χ2n) is 3.59. The molecule has 1 N–H and O–H groups in total. The van der Waals surface area contributed by atoms with Crippen LogP contribution in [0.1, 0.15) is 26.2 Å². The van der Waals surface area contributed by atoms with Crippen molar-refractivity contribution >= 4 is 5.78 Å². The second-order valence-corrected chi connectivity index (χ2v) is 3.59. The Hall–Kier alpha value is -1.72. The summed E-state index contributed by atoms with van der Waals surface area (Å²) in [5, 5.41) is 0. The highest BCUT2D eigenvalue weighted by molar-refractivity contribution is 5.75. The van der Waals surface area contributed by atoms with Gasteiger partial charge >= 0.3 is 5.69 Å². The number of unbranched alkanes of at least 4 members (excludes halogenated alkanes) is 1. The van der Waals surface area contributed by atoms with Gasteiger partial charge in [-0.05, 0) is 19.8 Å². The molecule has 1 rings (SSSR count). The van der Waals surface area contributed by atoms with Crippen molar-refractivity contribution in [3.63, 3.8) is 0 Å². The van der Waals surface area contributed by atoms with Crippen molar-refractivity contribution < 1.29 is 9.18 Å². The van der Waals surface area contributed by atoms with Crippen LogP contribution in [0.25, 0.3) is 0 Å². The molecule has 0 spiro atoms. The molecule has 0 aliphatic heterocycles. The van der Waals surface area contributed by atoms with Crippen LogP contribution in [0, 0.1) is 5.82 Å². The fourth-order valence-corrected chi connectivity index (χ4v) is 1.30. The molecule has 5 nitrogen and oxygen atoms in total. The SMILES string of the molecule is CC(=O)CCCCn1cc(F)c(=O)[nH]c1=O. The largest absolute Gasteiger partial charge is 0.328 e. The average Bonchev–Trinajstić information content (AvgIpc) is 2.19. The summed E-state index contributed by atoms with van der Waals surface area (Å²) in [5.41, 5.74) is -1.64. The van der Waals surface area contributed by atoms with Crippen LogP contribution in [0.4, 0.5) is 4.39 Å². The smallest absolute Gasteiger partial charge is 0.300 e. The first-order valence-corrected chi connectivity index (χ1v) is 4.99. The molecule has 0 saturated carbocycles. The van der Waals surface area contributed by atoms with Gasteiger partial charge in [-0.2, -0.15) is 4.39 Å². The molecule has 0 aliphatic rings. The number of Topliss-reactive ketones (excluding diaryl/α,β-unsaturated/α-hetero) is 1. The van der Waals surface area contributed by atoms with E-state index in [0.29, 0.717) is 25.8 Å². The van der Waals surface area contributed by atoms with Crippen molar-refractivity contribution in [1.29, 1.82) is 0 Å². The van der Waals surface area contributed by atoms with E-state index in [1.807, 2.05) is 4.98 Å². The predicted octanol–water partition coefficient (Wildman–Crippen LogP) is 0.435. The van der Waals surface area contributed by atoms with Crippen LogP contribution in [0.3, 0.4) is 0 Å². The molecule has 0 bridgehead atoms. The number of halogens is 1. The van der Waals surface area contributed by atoms with E-state index < -0.39 is 17.1 Å². The standard InChI is InChI=1S/C10H13FN2O3/c1-7(14)4-2-3-5-13-6-8(11)9(15)12-10(13)16/h6H,2-5H2,1H3,(H,12,15,16). The van der Waals surface area contributed by atoms with E-state index in [-0.39, 0.29) is 5.78 Å². The van der Waals surface area contributed by atoms with Crippen LogP contribution in [-0.2, 0) is 11.3 Å². The molecule has 0 atom stereocenters. The van der Waals surface area contributed by atoms with Gasteiger partial charge in [-0.25, -0.2) is 4.79 Å². The van der Waals surface area contributed by atoms with Gasteiger partial charge in [-0.15, -0.1) is 0 Å². The quantitative estimate of drug-likeness (QED) is 0.743. The number of hydrogen-bond donors (Lipinski definition) is 1. The number of rotatable bonds is 5. The Morgan fingerprint density at radius 1 is 1.44 bits per heavy atom. The number of aromatic nitrogens is 2. The van der Waals surface area contributed by atoms with Crippen LogP contribution in [0.5, 0.6) is 0 Å². The first kappa shape index (κ1) is 12.4. The first-order valence-electron chi connectivity index (χ1n) is 4.99. The summed E-state index contributed by atoms with van der Waals surface area (Å²) < 4.78 is 13.9. The Morgan fingerprint density at radius 3 is 2.75 bits per heavy atom. The van der Waals surface area contributed by atoms with E-state index in [2.05, 4.69) is 0 Å². The summed E-state index contributed by atoms with van der Waals surface area (Å²) in [6.07, 6.45) is 2.56. The molecule has 16 heavy (non-hydrogen) atoms. The van der Waals surface area contributed by atoms with E-state index in [1.165, 1.54) is 6.92 Å². The Labute approximate surface area is 90.9 Å². The Kier molecular flexibility index (Phi) is 4.16. The molecule has 1 aromatic rings. The predicted molar refractivity (Wildman–Crippen MR) is 55.8 cm³/mol. The van der Waals surface area contributed by atoms with Gasteiger partial charge in [0.2, 0.25) is 5.82 Å². The van der Waals surface area contributed by atoms with Crippen molar-refractivity contribution in [2.45, 2.75) is 32.7 Å². The monoisotopic (exact) mass is 228 g/mol. The van der Waals surface area contributed by atoms with Gasteiger partial charge in [0.05, 0.1) is 6.20 Å². The number of carbonyl (C=O) groups excluding carboxylic acids is 1. The molecular weight excluding hydrogens is 215 g/mol. The number of H-pyrrole nitrogens is 1. The highest BCUT2D eigenvalue weighted by Gasteiger charge is 2.03. The lowest BCUT2D eigenvalue weighted by Crippen LogP contribution is -2.31. The van der Waals surface area contributed by atoms with Crippen molar-refractivity contribution in [2.24, 2.45) is 0 Å². The fraction of sp³-hybridized carbons (Fsp3) is 0.500. The fourth-order valence-electron chi connectivity index (χ4n) is 1.30. The minimum atomic E-state index is -1.01. The van der Waals surface area contributed by atoms with Crippen molar-refractivity contribution in [3.8, 4) is 0 Å². The minimum Gasteiger partial charge on any atom is -0.300 e. The molecule has 0 saturated heterocycles. The van der Waals surface area contributed by atoms with Gasteiger partial charge in [0.1, 0.15) is 5.78 Å². The topological polar surface area (TPSA) is 71.9 Å². The van der Waals surface area contributed by atoms with Crippen molar-refractivity contribution in [3.05, 3.63) is 32.9 Å². The Balaban J connectivity index is 2.61. The highest BCUT2D eigenvalue weighted by Crippen LogP contribution is 1.98. The molecule has 0 amide bonds. The van der Waals surface area contributed by atoms with E-state index in [9.17, 15) is 18.8 Å². The molecule has 1 heterocycles. The number of aromatic amines is 1. The van der Waals surface area contributed by atoms with Crippen LogP contribution in [0.15, 0.2) is 15.8 Å². The molecule has 6 heteroatoms. The lowest BCUT2D eigenvalue weighted by Gasteiger charge is -2.03.